The summed E-state index contributed by atoms with van der Waals surface area (Å²) in [6.07, 6.45) is 10.1. The molecule has 1 amide bonds. The van der Waals surface area contributed by atoms with Crippen LogP contribution in [-0.2, 0) is 0 Å². The quantitative estimate of drug-likeness (QED) is 0.946. The fourth-order valence-electron chi connectivity index (χ4n) is 3.63. The Balaban J connectivity index is 1.65. The monoisotopic (exact) mass is 298 g/mol. The Morgan fingerprint density at radius 3 is 2.64 bits per heavy atom. The molecular formula is C17H22N4O. The molecule has 0 radical (unpaired) electrons. The highest BCUT2D eigenvalue weighted by Crippen LogP contribution is 2.35. The number of hydrogen-bond acceptors (Lipinski definition) is 3. The first-order chi connectivity index (χ1) is 10.7. The summed E-state index contributed by atoms with van der Waals surface area (Å²) in [5.41, 5.74) is 2.35. The minimum Gasteiger partial charge on any atom is -0.333 e. The Bertz CT molecular complexity index is 698. The normalized spacial score (nSPS) is 19.5. The van der Waals surface area contributed by atoms with E-state index in [0.29, 0.717) is 23.3 Å². The van der Waals surface area contributed by atoms with Crippen molar-refractivity contribution in [2.75, 3.05) is 0 Å². The number of nitrogens with zero attached hydrogens (tertiary/aromatic N) is 3. The van der Waals surface area contributed by atoms with E-state index in [2.05, 4.69) is 20.1 Å². The van der Waals surface area contributed by atoms with Crippen LogP contribution in [0.1, 0.15) is 61.0 Å². The zero-order valence-electron chi connectivity index (χ0n) is 13.0. The molecule has 2 aliphatic carbocycles. The Labute approximate surface area is 130 Å². The largest absolute Gasteiger partial charge is 0.333 e. The number of amides is 1. The molecule has 2 fully saturated rings. The van der Waals surface area contributed by atoms with Crippen molar-refractivity contribution >= 4 is 16.9 Å². The van der Waals surface area contributed by atoms with Gasteiger partial charge in [0.05, 0.1) is 5.56 Å². The summed E-state index contributed by atoms with van der Waals surface area (Å²) in [4.78, 5) is 19.6. The van der Waals surface area contributed by atoms with E-state index in [4.69, 9.17) is 0 Å². The summed E-state index contributed by atoms with van der Waals surface area (Å²) in [6, 6.07) is 2.83. The molecule has 2 aromatic heterocycles. The van der Waals surface area contributed by atoms with Crippen LogP contribution in [0.2, 0.25) is 0 Å². The lowest BCUT2D eigenvalue weighted by Gasteiger charge is -2.34. The molecule has 1 N–H and O–H groups in total. The van der Waals surface area contributed by atoms with Crippen molar-refractivity contribution in [1.29, 1.82) is 0 Å². The van der Waals surface area contributed by atoms with Gasteiger partial charge in [-0.1, -0.05) is 19.3 Å². The van der Waals surface area contributed by atoms with Crippen molar-refractivity contribution in [3.05, 3.63) is 23.5 Å². The maximum absolute atomic E-state index is 13.1. The Kier molecular flexibility index (Phi) is 3.36. The van der Waals surface area contributed by atoms with Crippen LogP contribution in [0.4, 0.5) is 0 Å². The SMILES string of the molecule is Cc1[nH]nc2ncc(C(=O)N(C3CCCCC3)C3CC3)cc12. The van der Waals surface area contributed by atoms with E-state index in [1.165, 1.54) is 19.3 Å². The van der Waals surface area contributed by atoms with Gasteiger partial charge < -0.3 is 4.90 Å². The second-order valence-electron chi connectivity index (χ2n) is 6.68. The molecule has 2 saturated carbocycles. The van der Waals surface area contributed by atoms with E-state index in [9.17, 15) is 4.79 Å². The molecule has 2 aliphatic rings. The van der Waals surface area contributed by atoms with Crippen LogP contribution >= 0.6 is 0 Å². The number of carbonyl (C=O) groups excluding carboxylic acids is 1. The van der Waals surface area contributed by atoms with Gasteiger partial charge in [-0.25, -0.2) is 4.98 Å². The average molecular weight is 298 g/mol. The smallest absolute Gasteiger partial charge is 0.255 e. The molecule has 0 saturated heterocycles. The van der Waals surface area contributed by atoms with Crippen LogP contribution in [0.25, 0.3) is 11.0 Å². The third kappa shape index (κ3) is 2.38. The molecule has 0 bridgehead atoms. The molecule has 5 nitrogen and oxygen atoms in total. The summed E-state index contributed by atoms with van der Waals surface area (Å²) >= 11 is 0. The lowest BCUT2D eigenvalue weighted by atomic mass is 9.93. The molecule has 2 aromatic rings. The first-order valence-electron chi connectivity index (χ1n) is 8.37. The number of rotatable bonds is 3. The van der Waals surface area contributed by atoms with E-state index in [1.54, 1.807) is 6.20 Å². The highest BCUT2D eigenvalue weighted by molar-refractivity contribution is 5.97. The number of aromatic nitrogens is 3. The number of H-pyrrole nitrogens is 1. The number of pyridine rings is 1. The standard InChI is InChI=1S/C17H22N4O/c1-11-15-9-12(10-18-16(15)20-19-11)17(22)21(14-7-8-14)13-5-3-2-4-6-13/h9-10,13-14H,2-8H2,1H3,(H,18,19,20). The number of aryl methyl sites for hydroxylation is 1. The first-order valence-corrected chi connectivity index (χ1v) is 8.37. The van der Waals surface area contributed by atoms with Gasteiger partial charge in [0.25, 0.3) is 5.91 Å². The predicted octanol–water partition coefficient (Wildman–Crippen LogP) is 3.20. The average Bonchev–Trinajstić information content (AvgIpc) is 3.32. The van der Waals surface area contributed by atoms with E-state index < -0.39 is 0 Å². The first kappa shape index (κ1) is 13.7. The summed E-state index contributed by atoms with van der Waals surface area (Å²) in [5.74, 6) is 0.157. The van der Waals surface area contributed by atoms with Gasteiger partial charge >= 0.3 is 0 Å². The zero-order chi connectivity index (χ0) is 15.1. The van der Waals surface area contributed by atoms with Gasteiger partial charge in [-0.05, 0) is 38.7 Å². The molecule has 116 valence electrons. The van der Waals surface area contributed by atoms with Crippen LogP contribution in [0.5, 0.6) is 0 Å². The van der Waals surface area contributed by atoms with Gasteiger partial charge in [0, 0.05) is 29.4 Å². The number of aromatic amines is 1. The molecule has 4 rings (SSSR count). The van der Waals surface area contributed by atoms with E-state index in [1.807, 2.05) is 13.0 Å². The van der Waals surface area contributed by atoms with Crippen LogP contribution in [0.15, 0.2) is 12.3 Å². The van der Waals surface area contributed by atoms with Crippen LogP contribution in [0, 0.1) is 6.92 Å². The van der Waals surface area contributed by atoms with Crippen LogP contribution in [-0.4, -0.2) is 38.1 Å². The van der Waals surface area contributed by atoms with Crippen LogP contribution < -0.4 is 0 Å². The van der Waals surface area contributed by atoms with E-state index >= 15 is 0 Å². The predicted molar refractivity (Wildman–Crippen MR) is 84.7 cm³/mol. The zero-order valence-corrected chi connectivity index (χ0v) is 13.0. The van der Waals surface area contributed by atoms with E-state index in [0.717, 1.165) is 36.8 Å². The maximum atomic E-state index is 13.1. The molecule has 0 aliphatic heterocycles. The number of nitrogens with one attached hydrogen (secondary N) is 1. The molecule has 5 heteroatoms. The number of fused-ring (bicyclic) bond motifs is 1. The van der Waals surface area contributed by atoms with Gasteiger partial charge in [-0.15, -0.1) is 0 Å². The van der Waals surface area contributed by atoms with Crippen molar-refractivity contribution in [2.45, 2.75) is 64.0 Å². The Morgan fingerprint density at radius 1 is 1.18 bits per heavy atom. The summed E-state index contributed by atoms with van der Waals surface area (Å²) < 4.78 is 0. The molecule has 0 unspecified atom stereocenters. The van der Waals surface area contributed by atoms with Crippen molar-refractivity contribution in [1.82, 2.24) is 20.1 Å². The fourth-order valence-corrected chi connectivity index (χ4v) is 3.63. The highest BCUT2D eigenvalue weighted by Gasteiger charge is 2.38. The third-order valence-electron chi connectivity index (χ3n) is 4.99. The van der Waals surface area contributed by atoms with Crippen LogP contribution in [0.3, 0.4) is 0 Å². The number of hydrogen-bond donors (Lipinski definition) is 1. The summed E-state index contributed by atoms with van der Waals surface area (Å²) in [5, 5.41) is 8.02. The summed E-state index contributed by atoms with van der Waals surface area (Å²) in [7, 11) is 0. The molecule has 0 spiro atoms. The third-order valence-corrected chi connectivity index (χ3v) is 4.99. The minimum atomic E-state index is 0.157. The second kappa shape index (κ2) is 5.38. The Hall–Kier alpha value is -1.91. The summed E-state index contributed by atoms with van der Waals surface area (Å²) in [6.45, 7) is 1.96. The number of carbonyl (C=O) groups is 1. The maximum Gasteiger partial charge on any atom is 0.255 e. The van der Waals surface area contributed by atoms with Crippen molar-refractivity contribution in [2.24, 2.45) is 0 Å². The molecule has 2 heterocycles. The molecule has 0 aromatic carbocycles. The van der Waals surface area contributed by atoms with Gasteiger partial charge in [0.15, 0.2) is 5.65 Å². The lowest BCUT2D eigenvalue weighted by Crippen LogP contribution is -2.43. The molecular weight excluding hydrogens is 276 g/mol. The topological polar surface area (TPSA) is 61.9 Å². The van der Waals surface area contributed by atoms with Gasteiger partial charge in [-0.3, -0.25) is 9.89 Å². The molecule has 0 atom stereocenters. The van der Waals surface area contributed by atoms with Gasteiger partial charge in [-0.2, -0.15) is 5.10 Å². The van der Waals surface area contributed by atoms with Gasteiger partial charge in [0.2, 0.25) is 0 Å². The second-order valence-corrected chi connectivity index (χ2v) is 6.68. The highest BCUT2D eigenvalue weighted by atomic mass is 16.2. The Morgan fingerprint density at radius 2 is 1.91 bits per heavy atom. The molecule has 22 heavy (non-hydrogen) atoms. The lowest BCUT2D eigenvalue weighted by molar-refractivity contribution is 0.0614. The van der Waals surface area contributed by atoms with Crippen molar-refractivity contribution in [3.63, 3.8) is 0 Å². The van der Waals surface area contributed by atoms with Crippen molar-refractivity contribution in [3.8, 4) is 0 Å². The van der Waals surface area contributed by atoms with Gasteiger partial charge in [0.1, 0.15) is 0 Å². The van der Waals surface area contributed by atoms with Crippen molar-refractivity contribution < 1.29 is 4.79 Å². The minimum absolute atomic E-state index is 0.157. The fraction of sp³-hybridized carbons (Fsp3) is 0.588. The van der Waals surface area contributed by atoms with E-state index in [-0.39, 0.29) is 5.91 Å².